The lowest BCUT2D eigenvalue weighted by Gasteiger charge is -2.01. The van der Waals surface area contributed by atoms with Crippen molar-refractivity contribution < 1.29 is 4.42 Å². The molecule has 5 nitrogen and oxygen atoms in total. The lowest BCUT2D eigenvalue weighted by molar-refractivity contribution is 0.526. The normalized spacial score (nSPS) is 10.9. The molecule has 0 bridgehead atoms. The molecule has 0 radical (unpaired) electrons. The molecule has 0 aliphatic rings. The van der Waals surface area contributed by atoms with Crippen LogP contribution in [0.3, 0.4) is 0 Å². The second kappa shape index (κ2) is 4.94. The fourth-order valence-corrected chi connectivity index (χ4v) is 1.54. The molecule has 2 aromatic heterocycles. The topological polar surface area (TPSA) is 55.9 Å². The smallest absolute Gasteiger partial charge is 0.105 e. The van der Waals surface area contributed by atoms with E-state index in [1.807, 2.05) is 26.2 Å². The summed E-state index contributed by atoms with van der Waals surface area (Å²) in [6.45, 7) is 3.70. The number of hydrogen-bond acceptors (Lipinski definition) is 4. The van der Waals surface area contributed by atoms with Crippen LogP contribution in [0, 0.1) is 6.92 Å². The zero-order valence-electron chi connectivity index (χ0n) is 9.60. The molecule has 5 heteroatoms. The summed E-state index contributed by atoms with van der Waals surface area (Å²) in [5.41, 5.74) is 2.22. The quantitative estimate of drug-likeness (QED) is 0.765. The molecule has 0 spiro atoms. The molecule has 0 saturated carbocycles. The average molecular weight is 220 g/mol. The Hall–Kier alpha value is -1.62. The highest BCUT2D eigenvalue weighted by Crippen LogP contribution is 2.07. The predicted octanol–water partition coefficient (Wildman–Crippen LogP) is 1.05. The number of nitrogens with zero attached hydrogens (tertiary/aromatic N) is 3. The molecular formula is C11H16N4O. The van der Waals surface area contributed by atoms with Gasteiger partial charge >= 0.3 is 0 Å². The second-order valence-electron chi connectivity index (χ2n) is 3.81. The summed E-state index contributed by atoms with van der Waals surface area (Å²) in [6.07, 6.45) is 4.55. The number of rotatable bonds is 5. The highest BCUT2D eigenvalue weighted by molar-refractivity contribution is 5.14. The summed E-state index contributed by atoms with van der Waals surface area (Å²) in [4.78, 5) is 0. The second-order valence-corrected chi connectivity index (χ2v) is 3.81. The monoisotopic (exact) mass is 220 g/mol. The van der Waals surface area contributed by atoms with Crippen LogP contribution in [-0.4, -0.2) is 21.5 Å². The molecule has 0 unspecified atom stereocenters. The van der Waals surface area contributed by atoms with Crippen molar-refractivity contribution in [2.24, 2.45) is 7.05 Å². The molecule has 16 heavy (non-hydrogen) atoms. The van der Waals surface area contributed by atoms with Crippen molar-refractivity contribution in [3.05, 3.63) is 35.5 Å². The third-order valence-electron chi connectivity index (χ3n) is 2.49. The predicted molar refractivity (Wildman–Crippen MR) is 59.9 cm³/mol. The Morgan fingerprint density at radius 2 is 2.38 bits per heavy atom. The van der Waals surface area contributed by atoms with Gasteiger partial charge in [-0.3, -0.25) is 4.68 Å². The summed E-state index contributed by atoms with van der Waals surface area (Å²) in [5.74, 6) is 0.979. The van der Waals surface area contributed by atoms with E-state index in [0.29, 0.717) is 0 Å². The van der Waals surface area contributed by atoms with Gasteiger partial charge in [0.2, 0.25) is 0 Å². The Labute approximate surface area is 94.5 Å². The van der Waals surface area contributed by atoms with E-state index in [0.717, 1.165) is 31.0 Å². The van der Waals surface area contributed by atoms with E-state index in [9.17, 15) is 0 Å². The molecule has 0 aliphatic heterocycles. The largest absolute Gasteiger partial charge is 0.469 e. The molecule has 86 valence electrons. The minimum atomic E-state index is 0.836. The highest BCUT2D eigenvalue weighted by Gasteiger charge is 2.01. The molecule has 2 aromatic rings. The Bertz CT molecular complexity index is 446. The van der Waals surface area contributed by atoms with E-state index >= 15 is 0 Å². The van der Waals surface area contributed by atoms with E-state index in [1.165, 1.54) is 5.56 Å². The van der Waals surface area contributed by atoms with Crippen molar-refractivity contribution in [3.63, 3.8) is 0 Å². The van der Waals surface area contributed by atoms with Crippen molar-refractivity contribution in [2.45, 2.75) is 19.9 Å². The van der Waals surface area contributed by atoms with Crippen LogP contribution in [0.5, 0.6) is 0 Å². The number of furan rings is 1. The van der Waals surface area contributed by atoms with Gasteiger partial charge in [-0.05, 0) is 13.0 Å². The first-order valence-electron chi connectivity index (χ1n) is 5.34. The van der Waals surface area contributed by atoms with Gasteiger partial charge in [0.25, 0.3) is 0 Å². The highest BCUT2D eigenvalue weighted by atomic mass is 16.3. The van der Waals surface area contributed by atoms with Crippen molar-refractivity contribution in [1.82, 2.24) is 20.3 Å². The third-order valence-corrected chi connectivity index (χ3v) is 2.49. The van der Waals surface area contributed by atoms with E-state index in [-0.39, 0.29) is 0 Å². The standard InChI is InChI=1S/C11H16N4O/c1-9-10(4-6-16-9)7-12-5-3-11-8-15(2)14-13-11/h4,6,8,12H,3,5,7H2,1-2H3. The minimum Gasteiger partial charge on any atom is -0.469 e. The molecule has 0 aromatic carbocycles. The van der Waals surface area contributed by atoms with Crippen LogP contribution in [0.4, 0.5) is 0 Å². The lowest BCUT2D eigenvalue weighted by Crippen LogP contribution is -2.16. The molecule has 2 rings (SSSR count). The first-order valence-corrected chi connectivity index (χ1v) is 5.34. The summed E-state index contributed by atoms with van der Waals surface area (Å²) in [7, 11) is 1.87. The van der Waals surface area contributed by atoms with Crippen molar-refractivity contribution in [3.8, 4) is 0 Å². The van der Waals surface area contributed by atoms with Gasteiger partial charge in [0.15, 0.2) is 0 Å². The lowest BCUT2D eigenvalue weighted by atomic mass is 10.2. The Kier molecular flexibility index (Phi) is 3.36. The van der Waals surface area contributed by atoms with Crippen LogP contribution in [0.2, 0.25) is 0 Å². The Morgan fingerprint density at radius 1 is 1.50 bits per heavy atom. The third kappa shape index (κ3) is 2.70. The summed E-state index contributed by atoms with van der Waals surface area (Å²) in [5, 5.41) is 11.3. The van der Waals surface area contributed by atoms with Crippen LogP contribution < -0.4 is 5.32 Å². The van der Waals surface area contributed by atoms with Crippen LogP contribution in [0.25, 0.3) is 0 Å². The first kappa shape index (κ1) is 10.9. The maximum Gasteiger partial charge on any atom is 0.105 e. The molecule has 0 fully saturated rings. The fourth-order valence-electron chi connectivity index (χ4n) is 1.54. The maximum absolute atomic E-state index is 5.22. The van der Waals surface area contributed by atoms with Crippen molar-refractivity contribution in [2.75, 3.05) is 6.54 Å². The summed E-state index contributed by atoms with van der Waals surface area (Å²) >= 11 is 0. The zero-order valence-corrected chi connectivity index (χ0v) is 9.60. The molecule has 0 amide bonds. The average Bonchev–Trinajstić information content (AvgIpc) is 2.83. The van der Waals surface area contributed by atoms with Gasteiger partial charge in [-0.15, -0.1) is 5.10 Å². The molecule has 0 aliphatic carbocycles. The van der Waals surface area contributed by atoms with Gasteiger partial charge in [-0.1, -0.05) is 5.21 Å². The minimum absolute atomic E-state index is 0.836. The zero-order chi connectivity index (χ0) is 11.4. The van der Waals surface area contributed by atoms with Gasteiger partial charge in [0.1, 0.15) is 5.76 Å². The molecule has 1 N–H and O–H groups in total. The van der Waals surface area contributed by atoms with Gasteiger partial charge in [0.05, 0.1) is 12.0 Å². The van der Waals surface area contributed by atoms with Crippen LogP contribution >= 0.6 is 0 Å². The maximum atomic E-state index is 5.22. The van der Waals surface area contributed by atoms with Gasteiger partial charge in [-0.25, -0.2) is 0 Å². The van der Waals surface area contributed by atoms with Crippen LogP contribution in [0.15, 0.2) is 22.9 Å². The number of hydrogen-bond donors (Lipinski definition) is 1. The number of nitrogens with one attached hydrogen (secondary N) is 1. The van der Waals surface area contributed by atoms with Crippen molar-refractivity contribution in [1.29, 1.82) is 0 Å². The van der Waals surface area contributed by atoms with E-state index in [1.54, 1.807) is 10.9 Å². The molecular weight excluding hydrogens is 204 g/mol. The Balaban J connectivity index is 1.71. The van der Waals surface area contributed by atoms with Gasteiger partial charge in [0, 0.05) is 38.3 Å². The van der Waals surface area contributed by atoms with Crippen LogP contribution in [0.1, 0.15) is 17.0 Å². The van der Waals surface area contributed by atoms with Gasteiger partial charge < -0.3 is 9.73 Å². The SMILES string of the molecule is Cc1occc1CNCCc1cn(C)nn1. The van der Waals surface area contributed by atoms with E-state index in [4.69, 9.17) is 4.42 Å². The van der Waals surface area contributed by atoms with Crippen molar-refractivity contribution >= 4 is 0 Å². The molecule has 2 heterocycles. The number of aryl methyl sites for hydroxylation is 2. The number of aromatic nitrogens is 3. The molecule has 0 saturated heterocycles. The van der Waals surface area contributed by atoms with E-state index in [2.05, 4.69) is 15.6 Å². The van der Waals surface area contributed by atoms with Gasteiger partial charge in [-0.2, -0.15) is 0 Å². The molecule has 0 atom stereocenters. The van der Waals surface area contributed by atoms with E-state index < -0.39 is 0 Å². The summed E-state index contributed by atoms with van der Waals surface area (Å²) in [6, 6.07) is 1.99. The Morgan fingerprint density at radius 3 is 3.00 bits per heavy atom. The first-order chi connectivity index (χ1) is 7.75. The fraction of sp³-hybridized carbons (Fsp3) is 0.455. The van der Waals surface area contributed by atoms with Crippen LogP contribution in [-0.2, 0) is 20.0 Å². The summed E-state index contributed by atoms with van der Waals surface area (Å²) < 4.78 is 6.94.